The number of amides is 1. The number of aryl methyl sites for hydroxylation is 1. The third-order valence-electron chi connectivity index (χ3n) is 2.90. The monoisotopic (exact) mass is 277 g/mol. The molecular formula is C14H16ClN3O. The Morgan fingerprint density at radius 3 is 2.53 bits per heavy atom. The second-order valence-electron chi connectivity index (χ2n) is 4.40. The average molecular weight is 278 g/mol. The Morgan fingerprint density at radius 1 is 1.32 bits per heavy atom. The van der Waals surface area contributed by atoms with Crippen molar-refractivity contribution in [3.63, 3.8) is 0 Å². The molecule has 0 aliphatic rings. The lowest BCUT2D eigenvalue weighted by molar-refractivity contribution is -0.115. The third kappa shape index (κ3) is 2.79. The van der Waals surface area contributed by atoms with Crippen LogP contribution in [0.5, 0.6) is 0 Å². The van der Waals surface area contributed by atoms with E-state index in [0.29, 0.717) is 0 Å². The Hall–Kier alpha value is -1.81. The zero-order valence-electron chi connectivity index (χ0n) is 11.1. The standard InChI is InChI=1S/C14H16ClN3O/c1-9(15)14(19)16-13-10(2)17-18(11(13)3)12-7-5-4-6-8-12/h4-9H,1-3H3,(H,16,19)/t9-/m0/s1. The fourth-order valence-corrected chi connectivity index (χ4v) is 1.92. The lowest BCUT2D eigenvalue weighted by atomic mass is 10.3. The molecule has 0 aliphatic heterocycles. The van der Waals surface area contributed by atoms with Crippen LogP contribution in [0.2, 0.25) is 0 Å². The van der Waals surface area contributed by atoms with Crippen molar-refractivity contribution in [2.24, 2.45) is 0 Å². The van der Waals surface area contributed by atoms with E-state index >= 15 is 0 Å². The van der Waals surface area contributed by atoms with Crippen molar-refractivity contribution < 1.29 is 4.79 Å². The van der Waals surface area contributed by atoms with E-state index in [9.17, 15) is 4.79 Å². The summed E-state index contributed by atoms with van der Waals surface area (Å²) in [6.45, 7) is 5.42. The number of carbonyl (C=O) groups is 1. The minimum atomic E-state index is -0.570. The van der Waals surface area contributed by atoms with Crippen LogP contribution >= 0.6 is 11.6 Å². The molecule has 1 aromatic heterocycles. The molecule has 19 heavy (non-hydrogen) atoms. The van der Waals surface area contributed by atoms with Crippen molar-refractivity contribution in [1.82, 2.24) is 9.78 Å². The maximum atomic E-state index is 11.7. The summed E-state index contributed by atoms with van der Waals surface area (Å²) in [5.41, 5.74) is 3.34. The summed E-state index contributed by atoms with van der Waals surface area (Å²) in [6, 6.07) is 9.78. The van der Waals surface area contributed by atoms with Gasteiger partial charge in [0.25, 0.3) is 0 Å². The molecule has 0 saturated heterocycles. The van der Waals surface area contributed by atoms with Crippen molar-refractivity contribution in [3.05, 3.63) is 41.7 Å². The van der Waals surface area contributed by atoms with Crippen LogP contribution in [0.25, 0.3) is 5.69 Å². The summed E-state index contributed by atoms with van der Waals surface area (Å²) in [6.07, 6.45) is 0. The normalized spacial score (nSPS) is 12.2. The minimum Gasteiger partial charge on any atom is -0.322 e. The number of para-hydroxylation sites is 1. The van der Waals surface area contributed by atoms with E-state index in [1.165, 1.54) is 0 Å². The summed E-state index contributed by atoms with van der Waals surface area (Å²) in [5, 5.41) is 6.70. The Bertz CT molecular complexity index is 590. The lowest BCUT2D eigenvalue weighted by Crippen LogP contribution is -2.21. The molecule has 0 unspecified atom stereocenters. The number of hydrogen-bond acceptors (Lipinski definition) is 2. The summed E-state index contributed by atoms with van der Waals surface area (Å²) in [4.78, 5) is 11.7. The van der Waals surface area contributed by atoms with E-state index in [1.54, 1.807) is 6.92 Å². The van der Waals surface area contributed by atoms with Gasteiger partial charge >= 0.3 is 0 Å². The van der Waals surface area contributed by atoms with E-state index in [4.69, 9.17) is 11.6 Å². The number of anilines is 1. The highest BCUT2D eigenvalue weighted by Gasteiger charge is 2.17. The molecule has 1 heterocycles. The second kappa shape index (κ2) is 5.45. The molecule has 1 atom stereocenters. The zero-order chi connectivity index (χ0) is 14.0. The van der Waals surface area contributed by atoms with Crippen LogP contribution < -0.4 is 5.32 Å². The number of benzene rings is 1. The van der Waals surface area contributed by atoms with Gasteiger partial charge in [0.2, 0.25) is 5.91 Å². The molecule has 100 valence electrons. The van der Waals surface area contributed by atoms with Crippen molar-refractivity contribution in [1.29, 1.82) is 0 Å². The van der Waals surface area contributed by atoms with E-state index in [2.05, 4.69) is 10.4 Å². The molecule has 0 fully saturated rings. The summed E-state index contributed by atoms with van der Waals surface area (Å²) in [7, 11) is 0. The number of nitrogens with zero attached hydrogens (tertiary/aromatic N) is 2. The molecule has 0 aliphatic carbocycles. The van der Waals surface area contributed by atoms with E-state index < -0.39 is 5.38 Å². The van der Waals surface area contributed by atoms with Crippen molar-refractivity contribution in [2.75, 3.05) is 5.32 Å². The van der Waals surface area contributed by atoms with Crippen molar-refractivity contribution >= 4 is 23.2 Å². The van der Waals surface area contributed by atoms with Gasteiger partial charge in [-0.3, -0.25) is 4.79 Å². The molecule has 1 aromatic carbocycles. The fourth-order valence-electron chi connectivity index (χ4n) is 1.87. The van der Waals surface area contributed by atoms with Crippen LogP contribution in [0.4, 0.5) is 5.69 Å². The smallest absolute Gasteiger partial charge is 0.242 e. The molecule has 5 heteroatoms. The fraction of sp³-hybridized carbons (Fsp3) is 0.286. The first kappa shape index (κ1) is 13.6. The van der Waals surface area contributed by atoms with Gasteiger partial charge in [-0.25, -0.2) is 4.68 Å². The van der Waals surface area contributed by atoms with Crippen LogP contribution in [0.15, 0.2) is 30.3 Å². The number of hydrogen-bond donors (Lipinski definition) is 1. The lowest BCUT2D eigenvalue weighted by Gasteiger charge is -2.07. The number of aromatic nitrogens is 2. The predicted molar refractivity (Wildman–Crippen MR) is 77.0 cm³/mol. The Kier molecular flexibility index (Phi) is 3.90. The second-order valence-corrected chi connectivity index (χ2v) is 5.05. The molecule has 2 rings (SSSR count). The number of halogens is 1. The van der Waals surface area contributed by atoms with E-state index in [1.807, 2.05) is 48.9 Å². The van der Waals surface area contributed by atoms with Gasteiger partial charge in [-0.1, -0.05) is 18.2 Å². The number of alkyl halides is 1. The van der Waals surface area contributed by atoms with Gasteiger partial charge < -0.3 is 5.32 Å². The highest BCUT2D eigenvalue weighted by atomic mass is 35.5. The quantitative estimate of drug-likeness (QED) is 0.877. The zero-order valence-corrected chi connectivity index (χ0v) is 11.9. The maximum absolute atomic E-state index is 11.7. The Labute approximate surface area is 117 Å². The molecule has 4 nitrogen and oxygen atoms in total. The van der Waals surface area contributed by atoms with Crippen molar-refractivity contribution in [3.8, 4) is 5.69 Å². The third-order valence-corrected chi connectivity index (χ3v) is 3.10. The number of nitrogens with one attached hydrogen (secondary N) is 1. The number of rotatable bonds is 3. The van der Waals surface area contributed by atoms with Crippen LogP contribution in [0.3, 0.4) is 0 Å². The predicted octanol–water partition coefficient (Wildman–Crippen LogP) is 3.05. The van der Waals surface area contributed by atoms with Gasteiger partial charge in [0.05, 0.1) is 22.8 Å². The van der Waals surface area contributed by atoms with Gasteiger partial charge in [-0.2, -0.15) is 5.10 Å². The van der Waals surface area contributed by atoms with Crippen LogP contribution in [-0.4, -0.2) is 21.1 Å². The summed E-state index contributed by atoms with van der Waals surface area (Å²) in [5.74, 6) is -0.222. The Morgan fingerprint density at radius 2 is 1.95 bits per heavy atom. The SMILES string of the molecule is Cc1nn(-c2ccccc2)c(C)c1NC(=O)[C@H](C)Cl. The minimum absolute atomic E-state index is 0.222. The first-order valence-electron chi connectivity index (χ1n) is 6.07. The van der Waals surface area contributed by atoms with Gasteiger partial charge in [0, 0.05) is 0 Å². The largest absolute Gasteiger partial charge is 0.322 e. The topological polar surface area (TPSA) is 46.9 Å². The van der Waals surface area contributed by atoms with Crippen LogP contribution in [0, 0.1) is 13.8 Å². The Balaban J connectivity index is 2.38. The molecule has 0 saturated carbocycles. The van der Waals surface area contributed by atoms with Gasteiger partial charge in [0.15, 0.2) is 0 Å². The highest BCUT2D eigenvalue weighted by Crippen LogP contribution is 2.23. The molecular weight excluding hydrogens is 262 g/mol. The summed E-state index contributed by atoms with van der Waals surface area (Å²) >= 11 is 5.77. The molecule has 1 N–H and O–H groups in total. The molecule has 0 bridgehead atoms. The van der Waals surface area contributed by atoms with E-state index in [0.717, 1.165) is 22.8 Å². The van der Waals surface area contributed by atoms with Crippen LogP contribution in [0.1, 0.15) is 18.3 Å². The van der Waals surface area contributed by atoms with Gasteiger partial charge in [-0.15, -0.1) is 11.6 Å². The first-order valence-corrected chi connectivity index (χ1v) is 6.51. The molecule has 0 radical (unpaired) electrons. The van der Waals surface area contributed by atoms with Gasteiger partial charge in [0.1, 0.15) is 5.38 Å². The summed E-state index contributed by atoms with van der Waals surface area (Å²) < 4.78 is 1.81. The maximum Gasteiger partial charge on any atom is 0.242 e. The van der Waals surface area contributed by atoms with E-state index in [-0.39, 0.29) is 5.91 Å². The molecule has 0 spiro atoms. The van der Waals surface area contributed by atoms with Gasteiger partial charge in [-0.05, 0) is 32.9 Å². The highest BCUT2D eigenvalue weighted by molar-refractivity contribution is 6.32. The van der Waals surface area contributed by atoms with Crippen LogP contribution in [-0.2, 0) is 4.79 Å². The molecule has 2 aromatic rings. The van der Waals surface area contributed by atoms with Crippen molar-refractivity contribution in [2.45, 2.75) is 26.1 Å². The first-order chi connectivity index (χ1) is 9.00. The number of carbonyl (C=O) groups excluding carboxylic acids is 1. The molecule has 1 amide bonds. The average Bonchev–Trinajstić information content (AvgIpc) is 2.67.